The number of hydrogen-bond acceptors (Lipinski definition) is 4. The van der Waals surface area contributed by atoms with Gasteiger partial charge in [-0.05, 0) is 37.5 Å². The fourth-order valence-corrected chi connectivity index (χ4v) is 5.30. The molecule has 0 bridgehead atoms. The minimum absolute atomic E-state index is 0.0951. The highest BCUT2D eigenvalue weighted by Gasteiger charge is 2.38. The van der Waals surface area contributed by atoms with Crippen molar-refractivity contribution in [1.29, 1.82) is 0 Å². The molecule has 0 radical (unpaired) electrons. The average molecular weight is 397 g/mol. The number of hydrogen-bond donors (Lipinski definition) is 0. The van der Waals surface area contributed by atoms with E-state index in [2.05, 4.69) is 36.2 Å². The van der Waals surface area contributed by atoms with Crippen LogP contribution in [-0.2, 0) is 23.5 Å². The van der Waals surface area contributed by atoms with Crippen LogP contribution in [0.3, 0.4) is 0 Å². The van der Waals surface area contributed by atoms with E-state index in [1.165, 1.54) is 17.5 Å². The second-order valence-corrected chi connectivity index (χ2v) is 9.20. The number of sulfonamides is 1. The summed E-state index contributed by atoms with van der Waals surface area (Å²) >= 11 is 0. The van der Waals surface area contributed by atoms with E-state index in [4.69, 9.17) is 4.98 Å². The van der Waals surface area contributed by atoms with Crippen molar-refractivity contribution in [3.8, 4) is 0 Å². The standard InChI is InChI=1S/C21H24N4O2S/c1-16-8-10-17(11-9-16)13-18-5-3-6-19(23-18)20-7-4-12-25(20)28(26,27)21-14-24(2)15-22-21/h3,5-6,8-11,14-15,20H,4,7,12-13H2,1-2H3. The Morgan fingerprint density at radius 1 is 1.14 bits per heavy atom. The van der Waals surface area contributed by atoms with Gasteiger partial charge in [0.25, 0.3) is 10.0 Å². The monoisotopic (exact) mass is 396 g/mol. The van der Waals surface area contributed by atoms with Crippen LogP contribution in [0.1, 0.15) is 41.4 Å². The van der Waals surface area contributed by atoms with Crippen LogP contribution in [0, 0.1) is 6.92 Å². The van der Waals surface area contributed by atoms with Crippen LogP contribution >= 0.6 is 0 Å². The van der Waals surface area contributed by atoms with Crippen LogP contribution in [0.15, 0.2) is 60.0 Å². The van der Waals surface area contributed by atoms with Crippen LogP contribution in [0.5, 0.6) is 0 Å². The zero-order valence-corrected chi connectivity index (χ0v) is 16.9. The minimum atomic E-state index is -3.63. The zero-order valence-electron chi connectivity index (χ0n) is 16.1. The molecule has 6 nitrogen and oxygen atoms in total. The summed E-state index contributed by atoms with van der Waals surface area (Å²) in [7, 11) is -1.86. The summed E-state index contributed by atoms with van der Waals surface area (Å²) in [5.74, 6) is 0. The molecule has 146 valence electrons. The summed E-state index contributed by atoms with van der Waals surface area (Å²) < 4.78 is 29.3. The van der Waals surface area contributed by atoms with Crippen molar-refractivity contribution in [2.24, 2.45) is 7.05 Å². The molecule has 0 aliphatic carbocycles. The van der Waals surface area contributed by atoms with Gasteiger partial charge in [-0.1, -0.05) is 35.9 Å². The summed E-state index contributed by atoms with van der Waals surface area (Å²) in [4.78, 5) is 8.86. The normalized spacial score (nSPS) is 17.9. The van der Waals surface area contributed by atoms with Gasteiger partial charge in [0.05, 0.1) is 18.1 Å². The molecule has 7 heteroatoms. The van der Waals surface area contributed by atoms with E-state index in [-0.39, 0.29) is 11.1 Å². The highest BCUT2D eigenvalue weighted by molar-refractivity contribution is 7.89. The van der Waals surface area contributed by atoms with Gasteiger partial charge in [-0.3, -0.25) is 4.98 Å². The molecular weight excluding hydrogens is 372 g/mol. The Morgan fingerprint density at radius 3 is 2.64 bits per heavy atom. The van der Waals surface area contributed by atoms with Crippen molar-refractivity contribution in [2.75, 3.05) is 6.54 Å². The highest BCUT2D eigenvalue weighted by Crippen LogP contribution is 2.35. The molecule has 3 aromatic rings. The van der Waals surface area contributed by atoms with Crippen molar-refractivity contribution < 1.29 is 8.42 Å². The van der Waals surface area contributed by atoms with Gasteiger partial charge in [0.1, 0.15) is 0 Å². The topological polar surface area (TPSA) is 68.1 Å². The van der Waals surface area contributed by atoms with Crippen LogP contribution < -0.4 is 0 Å². The lowest BCUT2D eigenvalue weighted by molar-refractivity contribution is 0.388. The summed E-state index contributed by atoms with van der Waals surface area (Å²) in [6, 6.07) is 14.1. The largest absolute Gasteiger partial charge is 0.339 e. The van der Waals surface area contributed by atoms with Crippen molar-refractivity contribution in [2.45, 2.75) is 37.3 Å². The van der Waals surface area contributed by atoms with Gasteiger partial charge in [-0.25, -0.2) is 13.4 Å². The lowest BCUT2D eigenvalue weighted by Crippen LogP contribution is -2.31. The van der Waals surface area contributed by atoms with Crippen molar-refractivity contribution in [3.05, 3.63) is 77.5 Å². The van der Waals surface area contributed by atoms with E-state index in [0.717, 1.165) is 30.7 Å². The van der Waals surface area contributed by atoms with E-state index in [1.54, 1.807) is 22.1 Å². The number of nitrogens with zero attached hydrogens (tertiary/aromatic N) is 4. The van der Waals surface area contributed by atoms with Crippen molar-refractivity contribution >= 4 is 10.0 Å². The second-order valence-electron chi connectivity index (χ2n) is 7.37. The zero-order chi connectivity index (χ0) is 19.7. The summed E-state index contributed by atoms with van der Waals surface area (Å²) in [5.41, 5.74) is 4.18. The summed E-state index contributed by atoms with van der Waals surface area (Å²) in [5, 5.41) is 0.0951. The Kier molecular flexibility index (Phi) is 5.03. The first-order valence-corrected chi connectivity index (χ1v) is 10.9. The quantitative estimate of drug-likeness (QED) is 0.664. The van der Waals surface area contributed by atoms with Crippen LogP contribution in [-0.4, -0.2) is 33.8 Å². The predicted octanol–water partition coefficient (Wildman–Crippen LogP) is 3.24. The SMILES string of the molecule is Cc1ccc(Cc2cccc(C3CCCN3S(=O)(=O)c3cn(C)cn3)n2)cc1. The number of pyridine rings is 1. The maximum atomic E-state index is 13.1. The first-order chi connectivity index (χ1) is 13.4. The molecule has 1 aliphatic heterocycles. The lowest BCUT2D eigenvalue weighted by atomic mass is 10.1. The molecule has 3 heterocycles. The van der Waals surface area contributed by atoms with Gasteiger partial charge in [0.2, 0.25) is 0 Å². The number of rotatable bonds is 5. The molecule has 0 amide bonds. The van der Waals surface area contributed by atoms with Gasteiger partial charge >= 0.3 is 0 Å². The number of benzene rings is 1. The molecule has 1 aliphatic rings. The van der Waals surface area contributed by atoms with Crippen molar-refractivity contribution in [3.63, 3.8) is 0 Å². The van der Waals surface area contributed by atoms with Gasteiger partial charge in [0, 0.05) is 31.9 Å². The average Bonchev–Trinajstić information content (AvgIpc) is 3.34. The molecule has 1 saturated heterocycles. The van der Waals surface area contributed by atoms with Crippen LogP contribution in [0.25, 0.3) is 0 Å². The van der Waals surface area contributed by atoms with Crippen molar-refractivity contribution in [1.82, 2.24) is 18.8 Å². The number of imidazole rings is 1. The molecule has 0 saturated carbocycles. The molecule has 1 fully saturated rings. The number of aryl methyl sites for hydroxylation is 2. The third-order valence-electron chi connectivity index (χ3n) is 5.13. The first kappa shape index (κ1) is 18.8. The van der Waals surface area contributed by atoms with E-state index < -0.39 is 10.0 Å². The Balaban J connectivity index is 1.60. The van der Waals surface area contributed by atoms with Gasteiger partial charge < -0.3 is 4.57 Å². The fraction of sp³-hybridized carbons (Fsp3) is 0.333. The smallest absolute Gasteiger partial charge is 0.262 e. The number of aromatic nitrogens is 3. The molecule has 4 rings (SSSR count). The van der Waals surface area contributed by atoms with E-state index in [9.17, 15) is 8.42 Å². The molecule has 1 atom stereocenters. The van der Waals surface area contributed by atoms with Gasteiger partial charge in [-0.15, -0.1) is 0 Å². The second kappa shape index (κ2) is 7.48. The maximum absolute atomic E-state index is 13.1. The molecule has 2 aromatic heterocycles. The van der Waals surface area contributed by atoms with E-state index in [1.807, 2.05) is 18.2 Å². The maximum Gasteiger partial charge on any atom is 0.262 e. The third kappa shape index (κ3) is 3.72. The summed E-state index contributed by atoms with van der Waals surface area (Å²) in [6.45, 7) is 2.56. The Hall–Kier alpha value is -2.51. The molecule has 28 heavy (non-hydrogen) atoms. The lowest BCUT2D eigenvalue weighted by Gasteiger charge is -2.23. The predicted molar refractivity (Wildman–Crippen MR) is 107 cm³/mol. The molecular formula is C21H24N4O2S. The minimum Gasteiger partial charge on any atom is -0.339 e. The molecule has 1 aromatic carbocycles. The molecule has 0 spiro atoms. The Bertz CT molecular complexity index is 1070. The van der Waals surface area contributed by atoms with E-state index in [0.29, 0.717) is 6.54 Å². The Morgan fingerprint density at radius 2 is 1.93 bits per heavy atom. The summed E-state index contributed by atoms with van der Waals surface area (Å²) in [6.07, 6.45) is 5.38. The highest BCUT2D eigenvalue weighted by atomic mass is 32.2. The Labute approximate surface area is 165 Å². The molecule has 1 unspecified atom stereocenters. The van der Waals surface area contributed by atoms with Gasteiger partial charge in [0.15, 0.2) is 5.03 Å². The molecule has 0 N–H and O–H groups in total. The third-order valence-corrected chi connectivity index (χ3v) is 6.93. The van der Waals surface area contributed by atoms with Crippen LogP contribution in [0.2, 0.25) is 0 Å². The van der Waals surface area contributed by atoms with E-state index >= 15 is 0 Å². The van der Waals surface area contributed by atoms with Gasteiger partial charge in [-0.2, -0.15) is 4.31 Å². The van der Waals surface area contributed by atoms with Crippen LogP contribution in [0.4, 0.5) is 0 Å². The first-order valence-electron chi connectivity index (χ1n) is 9.45. The fourth-order valence-electron chi connectivity index (χ4n) is 3.66.